The molecule has 1 N–H and O–H groups in total. The Labute approximate surface area is 91.7 Å². The van der Waals surface area contributed by atoms with Crippen LogP contribution in [-0.2, 0) is 4.79 Å². The first-order valence-corrected chi connectivity index (χ1v) is 5.78. The number of unbranched alkanes of at least 4 members (excludes halogenated alkanes) is 1. The fourth-order valence-corrected chi connectivity index (χ4v) is 1.70. The van der Waals surface area contributed by atoms with Gasteiger partial charge in [0, 0.05) is 12.3 Å². The van der Waals surface area contributed by atoms with Gasteiger partial charge in [-0.05, 0) is 18.9 Å². The van der Waals surface area contributed by atoms with E-state index in [9.17, 15) is 9.90 Å². The number of hydrogen-bond donors (Lipinski definition) is 1. The number of hydrogen-bond acceptors (Lipinski definition) is 2. The van der Waals surface area contributed by atoms with Crippen LogP contribution in [0.25, 0.3) is 0 Å². The molecule has 2 heteroatoms. The van der Waals surface area contributed by atoms with Crippen LogP contribution in [0.5, 0.6) is 0 Å². The van der Waals surface area contributed by atoms with Gasteiger partial charge in [-0.15, -0.1) is 0 Å². The van der Waals surface area contributed by atoms with E-state index in [4.69, 9.17) is 0 Å². The molecule has 0 amide bonds. The molecule has 0 aliphatic heterocycles. The van der Waals surface area contributed by atoms with Gasteiger partial charge in [0.1, 0.15) is 0 Å². The summed E-state index contributed by atoms with van der Waals surface area (Å²) < 4.78 is 0. The van der Waals surface area contributed by atoms with Crippen molar-refractivity contribution in [2.45, 2.75) is 45.1 Å². The maximum absolute atomic E-state index is 10.9. The number of ketones is 1. The van der Waals surface area contributed by atoms with Crippen molar-refractivity contribution in [1.82, 2.24) is 0 Å². The van der Waals surface area contributed by atoms with Crippen LogP contribution in [0.2, 0.25) is 0 Å². The number of aliphatic hydroxyl groups is 1. The molecule has 0 saturated carbocycles. The summed E-state index contributed by atoms with van der Waals surface area (Å²) in [6.45, 7) is 2.12. The summed E-state index contributed by atoms with van der Waals surface area (Å²) in [5, 5.41) is 9.57. The molecule has 2 nitrogen and oxygen atoms in total. The van der Waals surface area contributed by atoms with E-state index in [0.717, 1.165) is 19.3 Å². The average molecular weight is 208 g/mol. The van der Waals surface area contributed by atoms with Crippen molar-refractivity contribution in [2.24, 2.45) is 5.92 Å². The lowest BCUT2D eigenvalue weighted by molar-refractivity contribution is -0.114. The number of allylic oxidation sites excluding steroid dienone is 3. The van der Waals surface area contributed by atoms with E-state index in [1.807, 2.05) is 18.2 Å². The van der Waals surface area contributed by atoms with Crippen LogP contribution in [-0.4, -0.2) is 17.0 Å². The predicted molar refractivity (Wildman–Crippen MR) is 61.5 cm³/mol. The first kappa shape index (κ1) is 12.2. The van der Waals surface area contributed by atoms with Crippen molar-refractivity contribution >= 4 is 5.78 Å². The van der Waals surface area contributed by atoms with Crippen LogP contribution < -0.4 is 0 Å². The monoisotopic (exact) mass is 208 g/mol. The summed E-state index contributed by atoms with van der Waals surface area (Å²) in [5.74, 6) is 0.465. The van der Waals surface area contributed by atoms with E-state index < -0.39 is 0 Å². The lowest BCUT2D eigenvalue weighted by atomic mass is 10.1. The van der Waals surface area contributed by atoms with Crippen molar-refractivity contribution in [1.29, 1.82) is 0 Å². The smallest absolute Gasteiger partial charge is 0.156 e. The lowest BCUT2D eigenvalue weighted by Crippen LogP contribution is -2.04. The van der Waals surface area contributed by atoms with E-state index >= 15 is 0 Å². The maximum atomic E-state index is 10.9. The van der Waals surface area contributed by atoms with Crippen LogP contribution in [0.1, 0.15) is 39.0 Å². The minimum Gasteiger partial charge on any atom is -0.393 e. The Hall–Kier alpha value is -0.890. The van der Waals surface area contributed by atoms with Crippen LogP contribution in [0.15, 0.2) is 24.3 Å². The molecule has 2 atom stereocenters. The van der Waals surface area contributed by atoms with Gasteiger partial charge in [0.05, 0.1) is 6.10 Å². The Morgan fingerprint density at radius 3 is 3.07 bits per heavy atom. The minimum absolute atomic E-state index is 0.205. The molecule has 0 aromatic carbocycles. The van der Waals surface area contributed by atoms with Crippen molar-refractivity contribution in [3.8, 4) is 0 Å². The zero-order chi connectivity index (χ0) is 11.1. The van der Waals surface area contributed by atoms with Gasteiger partial charge in [-0.2, -0.15) is 0 Å². The molecule has 1 aliphatic carbocycles. The molecule has 0 spiro atoms. The fourth-order valence-electron chi connectivity index (χ4n) is 1.70. The first-order chi connectivity index (χ1) is 7.22. The van der Waals surface area contributed by atoms with E-state index in [2.05, 4.69) is 6.92 Å². The molecule has 15 heavy (non-hydrogen) atoms. The Bertz CT molecular complexity index is 253. The lowest BCUT2D eigenvalue weighted by Gasteiger charge is -2.06. The number of carbonyl (C=O) groups is 1. The summed E-state index contributed by atoms with van der Waals surface area (Å²) in [6.07, 6.45) is 11.8. The third-order valence-electron chi connectivity index (χ3n) is 2.65. The molecule has 1 aliphatic rings. The average Bonchev–Trinajstić information content (AvgIpc) is 2.61. The predicted octanol–water partition coefficient (Wildman–Crippen LogP) is 2.63. The molecular formula is C13H20O2. The first-order valence-electron chi connectivity index (χ1n) is 5.78. The van der Waals surface area contributed by atoms with Gasteiger partial charge in [-0.25, -0.2) is 0 Å². The highest BCUT2D eigenvalue weighted by Crippen LogP contribution is 2.16. The van der Waals surface area contributed by atoms with Gasteiger partial charge < -0.3 is 5.11 Å². The third-order valence-corrected chi connectivity index (χ3v) is 2.65. The van der Waals surface area contributed by atoms with E-state index in [1.165, 1.54) is 0 Å². The standard InChI is InChI=1S/C13H20O2/c1-2-3-6-12(14)7-4-5-11-8-9-13(15)10-11/h4-5,8-9,11-12,14H,2-3,6-7,10H2,1H3/b5-4+/t11-,12-/m0/s1. The molecule has 0 aromatic heterocycles. The zero-order valence-electron chi connectivity index (χ0n) is 9.36. The van der Waals surface area contributed by atoms with Gasteiger partial charge in [0.25, 0.3) is 0 Å². The van der Waals surface area contributed by atoms with Gasteiger partial charge in [0.2, 0.25) is 0 Å². The maximum Gasteiger partial charge on any atom is 0.156 e. The normalized spacial score (nSPS) is 22.8. The van der Waals surface area contributed by atoms with E-state index in [-0.39, 0.29) is 17.8 Å². The number of rotatable bonds is 6. The Morgan fingerprint density at radius 1 is 1.67 bits per heavy atom. The summed E-state index contributed by atoms with van der Waals surface area (Å²) >= 11 is 0. The molecule has 84 valence electrons. The van der Waals surface area contributed by atoms with Crippen molar-refractivity contribution in [3.05, 3.63) is 24.3 Å². The number of carbonyl (C=O) groups excluding carboxylic acids is 1. The second-order valence-corrected chi connectivity index (χ2v) is 4.15. The quantitative estimate of drug-likeness (QED) is 0.681. The van der Waals surface area contributed by atoms with Crippen molar-refractivity contribution < 1.29 is 9.90 Å². The number of aliphatic hydroxyl groups excluding tert-OH is 1. The molecule has 0 radical (unpaired) electrons. The highest BCUT2D eigenvalue weighted by molar-refractivity contribution is 5.92. The SMILES string of the molecule is CCCC[C@H](O)C/C=C/[C@H]1C=CC(=O)C1. The summed E-state index contributed by atoms with van der Waals surface area (Å²) in [4.78, 5) is 10.9. The molecule has 0 heterocycles. The topological polar surface area (TPSA) is 37.3 Å². The van der Waals surface area contributed by atoms with Gasteiger partial charge in [0.15, 0.2) is 5.78 Å². The molecule has 0 unspecified atom stereocenters. The van der Waals surface area contributed by atoms with Crippen LogP contribution in [0.4, 0.5) is 0 Å². The molecule has 1 rings (SSSR count). The third kappa shape index (κ3) is 4.93. The van der Waals surface area contributed by atoms with Crippen LogP contribution in [0.3, 0.4) is 0 Å². The molecular weight excluding hydrogens is 188 g/mol. The summed E-state index contributed by atoms with van der Waals surface area (Å²) in [7, 11) is 0. The highest BCUT2D eigenvalue weighted by Gasteiger charge is 2.12. The second kappa shape index (κ2) is 6.57. The molecule has 0 fully saturated rings. The Morgan fingerprint density at radius 2 is 2.47 bits per heavy atom. The Balaban J connectivity index is 2.16. The van der Waals surface area contributed by atoms with Gasteiger partial charge in [-0.1, -0.05) is 38.0 Å². The largest absolute Gasteiger partial charge is 0.393 e. The Kier molecular flexibility index (Phi) is 5.33. The highest BCUT2D eigenvalue weighted by atomic mass is 16.3. The minimum atomic E-state index is -0.220. The van der Waals surface area contributed by atoms with Gasteiger partial charge >= 0.3 is 0 Å². The van der Waals surface area contributed by atoms with E-state index in [1.54, 1.807) is 6.08 Å². The van der Waals surface area contributed by atoms with Crippen LogP contribution in [0, 0.1) is 5.92 Å². The second-order valence-electron chi connectivity index (χ2n) is 4.15. The summed E-state index contributed by atoms with van der Waals surface area (Å²) in [6, 6.07) is 0. The molecule has 0 saturated heterocycles. The summed E-state index contributed by atoms with van der Waals surface area (Å²) in [5.41, 5.74) is 0. The van der Waals surface area contributed by atoms with Crippen LogP contribution >= 0.6 is 0 Å². The molecule has 0 bridgehead atoms. The van der Waals surface area contributed by atoms with Crippen molar-refractivity contribution in [3.63, 3.8) is 0 Å². The van der Waals surface area contributed by atoms with Gasteiger partial charge in [-0.3, -0.25) is 4.79 Å². The molecule has 0 aromatic rings. The van der Waals surface area contributed by atoms with Crippen molar-refractivity contribution in [2.75, 3.05) is 0 Å². The zero-order valence-corrected chi connectivity index (χ0v) is 9.36. The van der Waals surface area contributed by atoms with E-state index in [0.29, 0.717) is 12.8 Å². The fraction of sp³-hybridized carbons (Fsp3) is 0.615.